The van der Waals surface area contributed by atoms with Gasteiger partial charge in [-0.05, 0) is 37.5 Å². The van der Waals surface area contributed by atoms with Gasteiger partial charge in [-0.3, -0.25) is 0 Å². The molecule has 0 saturated carbocycles. The van der Waals surface area contributed by atoms with E-state index >= 15 is 0 Å². The second-order valence-electron chi connectivity index (χ2n) is 5.15. The Morgan fingerprint density at radius 1 is 1.19 bits per heavy atom. The molecule has 3 unspecified atom stereocenters. The quantitative estimate of drug-likeness (QED) is 0.311. The van der Waals surface area contributed by atoms with Crippen molar-refractivity contribution in [2.24, 2.45) is 17.8 Å². The number of rotatable bonds is 12. The Balaban J connectivity index is 4.70. The second kappa shape index (κ2) is 12.0. The van der Waals surface area contributed by atoms with Crippen molar-refractivity contribution in [1.82, 2.24) is 0 Å². The van der Waals surface area contributed by atoms with Gasteiger partial charge >= 0.3 is 0 Å². The van der Waals surface area contributed by atoms with Crippen LogP contribution >= 0.6 is 0 Å². The van der Waals surface area contributed by atoms with E-state index in [1.54, 1.807) is 12.2 Å². The van der Waals surface area contributed by atoms with Gasteiger partial charge in [-0.15, -0.1) is 13.2 Å². The predicted molar refractivity (Wildman–Crippen MR) is 88.5 cm³/mol. The number of carboxylic acid groups (broad SMARTS) is 1. The van der Waals surface area contributed by atoms with Crippen LogP contribution in [0, 0.1) is 17.8 Å². The molecule has 0 spiro atoms. The molecule has 0 aliphatic heterocycles. The number of aliphatic carboxylic acids is 1. The van der Waals surface area contributed by atoms with Gasteiger partial charge in [0.1, 0.15) is 0 Å². The Labute approximate surface area is 129 Å². The third-order valence-electron chi connectivity index (χ3n) is 3.62. The van der Waals surface area contributed by atoms with Crippen molar-refractivity contribution in [1.29, 1.82) is 0 Å². The molecule has 0 radical (unpaired) electrons. The average Bonchev–Trinajstić information content (AvgIpc) is 2.46. The first kappa shape index (κ1) is 19.2. The zero-order valence-electron chi connectivity index (χ0n) is 13.0. The van der Waals surface area contributed by atoms with Crippen molar-refractivity contribution in [2.45, 2.75) is 32.6 Å². The summed E-state index contributed by atoms with van der Waals surface area (Å²) in [4.78, 5) is 11.4. The number of carbonyl (C=O) groups is 1. The van der Waals surface area contributed by atoms with Crippen LogP contribution in [0.5, 0.6) is 0 Å². The monoisotopic (exact) mass is 287 g/mol. The molecule has 0 rings (SSSR count). The molecular formula is C19H27O2-. The van der Waals surface area contributed by atoms with Gasteiger partial charge < -0.3 is 9.90 Å². The van der Waals surface area contributed by atoms with Gasteiger partial charge in [-0.2, -0.15) is 0 Å². The highest BCUT2D eigenvalue weighted by molar-refractivity contribution is 5.70. The fourth-order valence-corrected chi connectivity index (χ4v) is 2.22. The lowest BCUT2D eigenvalue weighted by Crippen LogP contribution is -2.36. The Hall–Kier alpha value is -1.83. The van der Waals surface area contributed by atoms with Crippen molar-refractivity contribution in [3.63, 3.8) is 0 Å². The Bertz CT molecular complexity index is 390. The van der Waals surface area contributed by atoms with E-state index in [2.05, 4.69) is 19.7 Å². The van der Waals surface area contributed by atoms with Crippen LogP contribution in [0.2, 0.25) is 0 Å². The minimum atomic E-state index is -1.03. The third kappa shape index (κ3) is 8.13. The molecule has 0 fully saturated rings. The van der Waals surface area contributed by atoms with E-state index in [0.29, 0.717) is 0 Å². The normalized spacial score (nSPS) is 15.7. The Kier molecular flexibility index (Phi) is 10.9. The third-order valence-corrected chi connectivity index (χ3v) is 3.62. The molecule has 0 heterocycles. The summed E-state index contributed by atoms with van der Waals surface area (Å²) >= 11 is 0. The van der Waals surface area contributed by atoms with Gasteiger partial charge in [0, 0.05) is 11.9 Å². The second-order valence-corrected chi connectivity index (χ2v) is 5.15. The number of unbranched alkanes of at least 4 members (excludes halogenated alkanes) is 2. The average molecular weight is 287 g/mol. The van der Waals surface area contributed by atoms with E-state index in [9.17, 15) is 9.90 Å². The molecule has 0 aliphatic carbocycles. The molecule has 2 heteroatoms. The van der Waals surface area contributed by atoms with Gasteiger partial charge in [-0.1, -0.05) is 56.0 Å². The van der Waals surface area contributed by atoms with E-state index in [-0.39, 0.29) is 11.8 Å². The molecule has 21 heavy (non-hydrogen) atoms. The summed E-state index contributed by atoms with van der Waals surface area (Å²) in [6.45, 7) is 13.0. The molecule has 3 atom stereocenters. The van der Waals surface area contributed by atoms with E-state index < -0.39 is 11.9 Å². The van der Waals surface area contributed by atoms with E-state index in [1.165, 1.54) is 0 Å². The number of carbonyl (C=O) groups excluding carboxylic acids is 1. The minimum absolute atomic E-state index is 0.0578. The SMILES string of the molecule is C=C/C=C/CC(C=C)C(C)C(/C=C/CCCC=C)C(=O)[O-]. The van der Waals surface area contributed by atoms with Crippen molar-refractivity contribution in [2.75, 3.05) is 0 Å². The highest BCUT2D eigenvalue weighted by Gasteiger charge is 2.22. The molecule has 0 aromatic rings. The van der Waals surface area contributed by atoms with Crippen LogP contribution in [-0.2, 0) is 4.79 Å². The number of hydrogen-bond donors (Lipinski definition) is 0. The summed E-state index contributed by atoms with van der Waals surface area (Å²) in [6.07, 6.45) is 16.5. The number of carboxylic acids is 1. The maximum absolute atomic E-state index is 11.4. The van der Waals surface area contributed by atoms with Crippen molar-refractivity contribution < 1.29 is 9.90 Å². The summed E-state index contributed by atoms with van der Waals surface area (Å²) in [7, 11) is 0. The van der Waals surface area contributed by atoms with E-state index in [1.807, 2.05) is 37.3 Å². The summed E-state index contributed by atoms with van der Waals surface area (Å²) in [5, 5.41) is 11.4. The van der Waals surface area contributed by atoms with Crippen LogP contribution in [-0.4, -0.2) is 5.97 Å². The Morgan fingerprint density at radius 3 is 2.43 bits per heavy atom. The lowest BCUT2D eigenvalue weighted by atomic mass is 9.80. The Morgan fingerprint density at radius 2 is 1.90 bits per heavy atom. The van der Waals surface area contributed by atoms with Gasteiger partial charge in [0.05, 0.1) is 0 Å². The van der Waals surface area contributed by atoms with Gasteiger partial charge in [0.25, 0.3) is 0 Å². The van der Waals surface area contributed by atoms with Crippen LogP contribution in [0.15, 0.2) is 62.3 Å². The summed E-state index contributed by atoms with van der Waals surface area (Å²) < 4.78 is 0. The molecular weight excluding hydrogens is 260 g/mol. The van der Waals surface area contributed by atoms with Crippen LogP contribution in [0.3, 0.4) is 0 Å². The standard InChI is InChI=1S/C19H28O2/c1-5-8-10-11-13-15-18(19(20)21)16(4)17(7-3)14-12-9-6-2/h5-7,9,12-13,15-18H,1-3,8,10-11,14H2,4H3,(H,20,21)/p-1/b12-9+,15-13+. The van der Waals surface area contributed by atoms with Crippen LogP contribution in [0.1, 0.15) is 32.6 Å². The first-order valence-electron chi connectivity index (χ1n) is 7.47. The molecule has 2 nitrogen and oxygen atoms in total. The highest BCUT2D eigenvalue weighted by atomic mass is 16.4. The van der Waals surface area contributed by atoms with E-state index in [0.717, 1.165) is 25.7 Å². The zero-order chi connectivity index (χ0) is 16.1. The molecule has 0 aliphatic rings. The lowest BCUT2D eigenvalue weighted by Gasteiger charge is -2.27. The predicted octanol–water partition coefficient (Wildman–Crippen LogP) is 3.84. The molecule has 0 N–H and O–H groups in total. The number of allylic oxidation sites excluding steroid dienone is 6. The molecule has 0 aromatic heterocycles. The van der Waals surface area contributed by atoms with Crippen molar-refractivity contribution in [3.8, 4) is 0 Å². The zero-order valence-corrected chi connectivity index (χ0v) is 13.0. The number of hydrogen-bond acceptors (Lipinski definition) is 2. The topological polar surface area (TPSA) is 40.1 Å². The first-order valence-corrected chi connectivity index (χ1v) is 7.47. The summed E-state index contributed by atoms with van der Waals surface area (Å²) in [5.74, 6) is -1.57. The smallest absolute Gasteiger partial charge is 0.0485 e. The van der Waals surface area contributed by atoms with Crippen LogP contribution < -0.4 is 5.11 Å². The maximum Gasteiger partial charge on any atom is 0.0485 e. The molecule has 116 valence electrons. The molecule has 0 saturated heterocycles. The van der Waals surface area contributed by atoms with Gasteiger partial charge in [0.2, 0.25) is 0 Å². The van der Waals surface area contributed by atoms with E-state index in [4.69, 9.17) is 0 Å². The lowest BCUT2D eigenvalue weighted by molar-refractivity contribution is -0.311. The highest BCUT2D eigenvalue weighted by Crippen LogP contribution is 2.26. The van der Waals surface area contributed by atoms with Gasteiger partial charge in [-0.25, -0.2) is 0 Å². The fraction of sp³-hybridized carbons (Fsp3) is 0.421. The van der Waals surface area contributed by atoms with Crippen molar-refractivity contribution in [3.05, 3.63) is 62.3 Å². The summed E-state index contributed by atoms with van der Waals surface area (Å²) in [5.41, 5.74) is 0. The molecule has 0 bridgehead atoms. The molecule has 0 aromatic carbocycles. The first-order chi connectivity index (χ1) is 10.1. The fourth-order valence-electron chi connectivity index (χ4n) is 2.22. The molecule has 0 amide bonds. The summed E-state index contributed by atoms with van der Waals surface area (Å²) in [6, 6.07) is 0. The van der Waals surface area contributed by atoms with Crippen molar-refractivity contribution >= 4 is 5.97 Å². The maximum atomic E-state index is 11.4. The van der Waals surface area contributed by atoms with Crippen LogP contribution in [0.4, 0.5) is 0 Å². The minimum Gasteiger partial charge on any atom is -0.550 e. The van der Waals surface area contributed by atoms with Gasteiger partial charge in [0.15, 0.2) is 0 Å². The largest absolute Gasteiger partial charge is 0.550 e. The van der Waals surface area contributed by atoms with Crippen LogP contribution in [0.25, 0.3) is 0 Å².